The van der Waals surface area contributed by atoms with Crippen LogP contribution in [0.25, 0.3) is 0 Å². The Hall–Kier alpha value is -0.870. The zero-order valence-corrected chi connectivity index (χ0v) is 17.4. The van der Waals surface area contributed by atoms with Crippen molar-refractivity contribution in [3.8, 4) is 5.75 Å². The van der Waals surface area contributed by atoms with Crippen molar-refractivity contribution in [3.63, 3.8) is 0 Å². The van der Waals surface area contributed by atoms with Gasteiger partial charge in [-0.1, -0.05) is 54.9 Å². The van der Waals surface area contributed by atoms with Crippen LogP contribution in [0.5, 0.6) is 5.75 Å². The fourth-order valence-electron chi connectivity index (χ4n) is 2.44. The highest BCUT2D eigenvalue weighted by Gasteiger charge is 2.27. The summed E-state index contributed by atoms with van der Waals surface area (Å²) in [5, 5.41) is 10.7. The predicted octanol–water partition coefficient (Wildman–Crippen LogP) is 5.42. The number of phenols is 1. The second kappa shape index (κ2) is 8.22. The van der Waals surface area contributed by atoms with Crippen molar-refractivity contribution in [3.05, 3.63) is 28.8 Å². The monoisotopic (exact) mass is 372 g/mol. The van der Waals surface area contributed by atoms with Crippen LogP contribution in [0.2, 0.25) is 0 Å². The van der Waals surface area contributed by atoms with Crippen LogP contribution in [0, 0.1) is 0 Å². The Morgan fingerprint density at radius 1 is 1.00 bits per heavy atom. The van der Waals surface area contributed by atoms with Crippen LogP contribution < -0.4 is 0 Å². The van der Waals surface area contributed by atoms with E-state index >= 15 is 0 Å². The SMILES string of the molecule is CCCCOP(=O)(O)OCc1cc(C(C)(C)C)c(O)c(C(C)(C)C)c1. The maximum absolute atomic E-state index is 12.0. The lowest BCUT2D eigenvalue weighted by molar-refractivity contribution is 0.142. The Morgan fingerprint density at radius 3 is 1.88 bits per heavy atom. The first-order valence-electron chi connectivity index (χ1n) is 8.76. The normalized spacial score (nSPS) is 15.2. The molecule has 1 unspecified atom stereocenters. The Morgan fingerprint density at radius 2 is 1.48 bits per heavy atom. The number of aromatic hydroxyl groups is 1. The zero-order valence-electron chi connectivity index (χ0n) is 16.5. The summed E-state index contributed by atoms with van der Waals surface area (Å²) >= 11 is 0. The van der Waals surface area contributed by atoms with Crippen LogP contribution >= 0.6 is 7.82 Å². The van der Waals surface area contributed by atoms with Crippen LogP contribution in [0.3, 0.4) is 0 Å². The van der Waals surface area contributed by atoms with Gasteiger partial charge in [0.05, 0.1) is 13.2 Å². The van der Waals surface area contributed by atoms with Crippen molar-refractivity contribution >= 4 is 7.82 Å². The van der Waals surface area contributed by atoms with Crippen molar-refractivity contribution in [1.29, 1.82) is 0 Å². The van der Waals surface area contributed by atoms with E-state index in [0.717, 1.165) is 23.1 Å². The molecule has 1 aromatic carbocycles. The van der Waals surface area contributed by atoms with E-state index in [-0.39, 0.29) is 29.8 Å². The van der Waals surface area contributed by atoms with Gasteiger partial charge in [-0.15, -0.1) is 0 Å². The molecule has 0 fully saturated rings. The van der Waals surface area contributed by atoms with Gasteiger partial charge in [0.2, 0.25) is 0 Å². The standard InChI is InChI=1S/C19H33O5P/c1-8-9-10-23-25(21,22)24-13-14-11-15(18(2,3)4)17(20)16(12-14)19(5,6)7/h11-12,20H,8-10,13H2,1-7H3,(H,21,22). The summed E-state index contributed by atoms with van der Waals surface area (Å²) in [7, 11) is -4.07. The minimum atomic E-state index is -4.07. The summed E-state index contributed by atoms with van der Waals surface area (Å²) in [5.74, 6) is 0.273. The van der Waals surface area contributed by atoms with Crippen molar-refractivity contribution in [2.75, 3.05) is 6.61 Å². The molecule has 1 atom stereocenters. The van der Waals surface area contributed by atoms with E-state index < -0.39 is 7.82 Å². The third kappa shape index (κ3) is 6.74. The number of rotatable bonds is 7. The Bertz CT molecular complexity index is 591. The fourth-order valence-corrected chi connectivity index (χ4v) is 3.19. The van der Waals surface area contributed by atoms with Gasteiger partial charge in [0.15, 0.2) is 0 Å². The largest absolute Gasteiger partial charge is 0.507 e. The van der Waals surface area contributed by atoms with Gasteiger partial charge in [0, 0.05) is 0 Å². The first kappa shape index (κ1) is 22.2. The van der Waals surface area contributed by atoms with Crippen molar-refractivity contribution < 1.29 is 23.6 Å². The molecule has 0 amide bonds. The number of unbranched alkanes of at least 4 members (excludes halogenated alkanes) is 1. The minimum absolute atomic E-state index is 0.0493. The van der Waals surface area contributed by atoms with E-state index in [2.05, 4.69) is 0 Å². The molecule has 0 saturated carbocycles. The fraction of sp³-hybridized carbons (Fsp3) is 0.684. The minimum Gasteiger partial charge on any atom is -0.507 e. The van der Waals surface area contributed by atoms with Gasteiger partial charge in [-0.25, -0.2) is 4.57 Å². The first-order valence-corrected chi connectivity index (χ1v) is 10.3. The Balaban J connectivity index is 3.10. The van der Waals surface area contributed by atoms with Gasteiger partial charge in [0.25, 0.3) is 0 Å². The Labute approximate surface area is 152 Å². The number of phenolic OH excluding ortho intramolecular Hbond substituents is 1. The quantitative estimate of drug-likeness (QED) is 0.494. The molecule has 2 N–H and O–H groups in total. The molecule has 0 aliphatic heterocycles. The summed E-state index contributed by atoms with van der Waals surface area (Å²) in [6, 6.07) is 3.66. The second-order valence-electron chi connectivity index (χ2n) is 8.47. The highest BCUT2D eigenvalue weighted by atomic mass is 31.2. The molecule has 0 aliphatic rings. The third-order valence-corrected chi connectivity index (χ3v) is 4.90. The zero-order chi connectivity index (χ0) is 19.5. The van der Waals surface area contributed by atoms with E-state index in [4.69, 9.17) is 9.05 Å². The van der Waals surface area contributed by atoms with Crippen LogP contribution in [-0.2, 0) is 31.0 Å². The van der Waals surface area contributed by atoms with E-state index in [1.807, 2.05) is 60.6 Å². The topological polar surface area (TPSA) is 76.0 Å². The predicted molar refractivity (Wildman–Crippen MR) is 101 cm³/mol. The number of hydrogen-bond acceptors (Lipinski definition) is 4. The lowest BCUT2D eigenvalue weighted by Crippen LogP contribution is -2.18. The molecule has 25 heavy (non-hydrogen) atoms. The van der Waals surface area contributed by atoms with Gasteiger partial charge in [-0.2, -0.15) is 0 Å². The highest BCUT2D eigenvalue weighted by molar-refractivity contribution is 7.47. The molecule has 0 heterocycles. The van der Waals surface area contributed by atoms with Gasteiger partial charge in [-0.05, 0) is 46.1 Å². The molecule has 144 valence electrons. The van der Waals surface area contributed by atoms with Crippen LogP contribution in [-0.4, -0.2) is 16.6 Å². The molecular formula is C19H33O5P. The molecule has 0 spiro atoms. The van der Waals surface area contributed by atoms with E-state index in [1.54, 1.807) is 0 Å². The van der Waals surface area contributed by atoms with Gasteiger partial charge in [-0.3, -0.25) is 9.05 Å². The molecular weight excluding hydrogens is 339 g/mol. The molecule has 5 nitrogen and oxygen atoms in total. The second-order valence-corrected chi connectivity index (χ2v) is 9.92. The molecule has 1 rings (SSSR count). The molecule has 1 aromatic rings. The number of benzene rings is 1. The third-order valence-electron chi connectivity index (χ3n) is 3.93. The lowest BCUT2D eigenvalue weighted by Gasteiger charge is -2.28. The highest BCUT2D eigenvalue weighted by Crippen LogP contribution is 2.45. The Kier molecular flexibility index (Phi) is 7.29. The first-order chi connectivity index (χ1) is 11.3. The summed E-state index contributed by atoms with van der Waals surface area (Å²) in [4.78, 5) is 9.78. The van der Waals surface area contributed by atoms with E-state index in [0.29, 0.717) is 6.42 Å². The van der Waals surface area contributed by atoms with Gasteiger partial charge >= 0.3 is 7.82 Å². The van der Waals surface area contributed by atoms with Crippen molar-refractivity contribution in [1.82, 2.24) is 0 Å². The smallest absolute Gasteiger partial charge is 0.472 e. The van der Waals surface area contributed by atoms with Crippen molar-refractivity contribution in [2.24, 2.45) is 0 Å². The molecule has 6 heteroatoms. The van der Waals surface area contributed by atoms with E-state index in [9.17, 15) is 14.6 Å². The number of hydrogen-bond donors (Lipinski definition) is 2. The average molecular weight is 372 g/mol. The average Bonchev–Trinajstić information content (AvgIpc) is 2.44. The number of phosphoric acid groups is 1. The van der Waals surface area contributed by atoms with Crippen LogP contribution in [0.15, 0.2) is 12.1 Å². The van der Waals surface area contributed by atoms with E-state index in [1.165, 1.54) is 0 Å². The molecule has 0 radical (unpaired) electrons. The maximum atomic E-state index is 12.0. The molecule has 0 saturated heterocycles. The summed E-state index contributed by atoms with van der Waals surface area (Å²) in [6.07, 6.45) is 1.58. The summed E-state index contributed by atoms with van der Waals surface area (Å²) in [5.41, 5.74) is 1.79. The summed E-state index contributed by atoms with van der Waals surface area (Å²) in [6.45, 7) is 14.2. The van der Waals surface area contributed by atoms with Crippen LogP contribution in [0.4, 0.5) is 0 Å². The number of phosphoric ester groups is 1. The van der Waals surface area contributed by atoms with Crippen molar-refractivity contribution in [2.45, 2.75) is 78.7 Å². The molecule has 0 aromatic heterocycles. The molecule has 0 aliphatic carbocycles. The lowest BCUT2D eigenvalue weighted by atomic mass is 9.78. The van der Waals surface area contributed by atoms with Crippen LogP contribution in [0.1, 0.15) is 78.0 Å². The maximum Gasteiger partial charge on any atom is 0.472 e. The van der Waals surface area contributed by atoms with Gasteiger partial charge in [0.1, 0.15) is 5.75 Å². The summed E-state index contributed by atoms with van der Waals surface area (Å²) < 4.78 is 22.0. The molecule has 0 bridgehead atoms. The van der Waals surface area contributed by atoms with Gasteiger partial charge < -0.3 is 10.00 Å².